The van der Waals surface area contributed by atoms with Crippen LogP contribution in [0.4, 0.5) is 0 Å². The number of rotatable bonds is 21. The van der Waals surface area contributed by atoms with Crippen molar-refractivity contribution in [2.24, 2.45) is 0 Å². The maximum Gasteiger partial charge on any atom is 1.00 e. The molecule has 0 amide bonds. The summed E-state index contributed by atoms with van der Waals surface area (Å²) in [4.78, 5) is -0.0187. The minimum Gasteiger partial charge on any atom is -0.744 e. The van der Waals surface area contributed by atoms with E-state index >= 15 is 0 Å². The van der Waals surface area contributed by atoms with Crippen LogP contribution in [-0.2, 0) is 23.0 Å². The van der Waals surface area contributed by atoms with Crippen LogP contribution in [0.5, 0.6) is 0 Å². The van der Waals surface area contributed by atoms with Crippen LogP contribution in [0, 0.1) is 0 Å². The van der Waals surface area contributed by atoms with Crippen molar-refractivity contribution < 1.29 is 64.4 Å². The second kappa shape index (κ2) is 21.1. The molecule has 0 heterocycles. The van der Waals surface area contributed by atoms with Crippen molar-refractivity contribution in [1.82, 2.24) is 0 Å². The molecule has 0 bridgehead atoms. The molecule has 2 aromatic carbocycles. The van der Waals surface area contributed by atoms with Crippen molar-refractivity contribution in [3.8, 4) is 0 Å². The Bertz CT molecular complexity index is 971. The van der Waals surface area contributed by atoms with Gasteiger partial charge in [-0.3, -0.25) is 0 Å². The molecule has 0 saturated carbocycles. The van der Waals surface area contributed by atoms with Gasteiger partial charge < -0.3 is 4.55 Å². The van der Waals surface area contributed by atoms with Crippen LogP contribution in [0.2, 0.25) is 0 Å². The maximum atomic E-state index is 12.0. The average molecular weight is 555 g/mol. The molecule has 0 aliphatic rings. The van der Waals surface area contributed by atoms with Crippen molar-refractivity contribution in [3.63, 3.8) is 0 Å². The summed E-state index contributed by atoms with van der Waals surface area (Å²) in [6.45, 7) is 4.50. The van der Waals surface area contributed by atoms with Crippen LogP contribution in [0.15, 0.2) is 35.2 Å². The first-order chi connectivity index (χ1) is 17.5. The number of benzene rings is 2. The molecule has 204 valence electrons. The molecule has 0 aliphatic carbocycles. The van der Waals surface area contributed by atoms with Crippen LogP contribution in [0.3, 0.4) is 0 Å². The van der Waals surface area contributed by atoms with E-state index in [2.05, 4.69) is 32.0 Å². The molecular weight excluding hydrogens is 504 g/mol. The molecule has 5 heteroatoms. The van der Waals surface area contributed by atoms with Gasteiger partial charge in [-0.25, -0.2) is 8.42 Å². The molecule has 2 aromatic rings. The van der Waals surface area contributed by atoms with Gasteiger partial charge in [-0.1, -0.05) is 141 Å². The SMILES string of the molecule is CCCCCCCCCCCc1ccc2ccc(S(=O)(=O)[O-])c(CCCCCCCCCCC)c2c1.[K+]. The summed E-state index contributed by atoms with van der Waals surface area (Å²) in [5.74, 6) is 0. The van der Waals surface area contributed by atoms with Crippen molar-refractivity contribution in [3.05, 3.63) is 41.5 Å². The molecule has 3 nitrogen and oxygen atoms in total. The topological polar surface area (TPSA) is 57.2 Å². The molecule has 0 saturated heterocycles. The zero-order valence-corrected chi connectivity index (χ0v) is 28.1. The van der Waals surface area contributed by atoms with Crippen molar-refractivity contribution in [2.45, 2.75) is 147 Å². The first-order valence-electron chi connectivity index (χ1n) is 15.0. The molecule has 2 rings (SSSR count). The molecule has 0 unspecified atom stereocenters. The largest absolute Gasteiger partial charge is 1.00 e. The van der Waals surface area contributed by atoms with E-state index in [0.717, 1.165) is 42.0 Å². The smallest absolute Gasteiger partial charge is 0.744 e. The summed E-state index contributed by atoms with van der Waals surface area (Å²) in [6, 6.07) is 9.73. The van der Waals surface area contributed by atoms with Gasteiger partial charge in [0.15, 0.2) is 0 Å². The van der Waals surface area contributed by atoms with Gasteiger partial charge in [-0.2, -0.15) is 0 Å². The third-order valence-corrected chi connectivity index (χ3v) is 8.44. The first-order valence-corrected chi connectivity index (χ1v) is 16.4. The second-order valence-corrected chi connectivity index (χ2v) is 12.1. The van der Waals surface area contributed by atoms with Crippen molar-refractivity contribution in [2.75, 3.05) is 0 Å². The van der Waals surface area contributed by atoms with Crippen LogP contribution >= 0.6 is 0 Å². The molecule has 0 radical (unpaired) electrons. The van der Waals surface area contributed by atoms with Gasteiger partial charge in [0.25, 0.3) is 0 Å². The van der Waals surface area contributed by atoms with E-state index in [4.69, 9.17) is 0 Å². The summed E-state index contributed by atoms with van der Waals surface area (Å²) in [6.07, 6.45) is 24.4. The summed E-state index contributed by atoms with van der Waals surface area (Å²) in [5, 5.41) is 1.99. The number of aryl methyl sites for hydroxylation is 2. The standard InChI is InChI=1S/C32H52O3S.K/c1-3-5-7-9-11-13-15-17-19-21-28-23-24-29-25-26-32(36(33,34)35)30(31(29)27-28)22-20-18-16-14-12-10-8-6-4-2;/h23-27H,3-22H2,1-2H3,(H,33,34,35);/q;+1/p-1. The predicted molar refractivity (Wildman–Crippen MR) is 154 cm³/mol. The Morgan fingerprint density at radius 1 is 0.595 bits per heavy atom. The first kappa shape index (κ1) is 35.3. The number of hydrogen-bond donors (Lipinski definition) is 0. The van der Waals surface area contributed by atoms with E-state index in [0.29, 0.717) is 6.42 Å². The second-order valence-electron chi connectivity index (χ2n) is 10.7. The zero-order valence-electron chi connectivity index (χ0n) is 24.2. The fraction of sp³-hybridized carbons (Fsp3) is 0.688. The molecule has 0 fully saturated rings. The Morgan fingerprint density at radius 3 is 1.51 bits per heavy atom. The number of hydrogen-bond acceptors (Lipinski definition) is 3. The third-order valence-electron chi connectivity index (χ3n) is 7.52. The zero-order chi connectivity index (χ0) is 26.1. The molecule has 37 heavy (non-hydrogen) atoms. The predicted octanol–water partition coefficient (Wildman–Crippen LogP) is 6.89. The Hall–Kier alpha value is 0.246. The maximum absolute atomic E-state index is 12.0. The summed E-state index contributed by atoms with van der Waals surface area (Å²) < 4.78 is 36.1. The molecule has 0 atom stereocenters. The number of unbranched alkanes of at least 4 members (excludes halogenated alkanes) is 16. The van der Waals surface area contributed by atoms with E-state index in [1.807, 2.05) is 0 Å². The van der Waals surface area contributed by atoms with Gasteiger partial charge in [0.1, 0.15) is 10.1 Å². The molecule has 0 aliphatic heterocycles. The van der Waals surface area contributed by atoms with Gasteiger partial charge >= 0.3 is 51.4 Å². The fourth-order valence-electron chi connectivity index (χ4n) is 5.31. The van der Waals surface area contributed by atoms with Crippen molar-refractivity contribution >= 4 is 20.9 Å². The fourth-order valence-corrected chi connectivity index (χ4v) is 6.06. The van der Waals surface area contributed by atoms with Crippen LogP contribution in [0.25, 0.3) is 10.8 Å². The molecular formula is C32H51KO3S. The number of fused-ring (bicyclic) bond motifs is 1. The summed E-state index contributed by atoms with van der Waals surface area (Å²) in [5.41, 5.74) is 1.98. The van der Waals surface area contributed by atoms with Crippen LogP contribution < -0.4 is 51.4 Å². The van der Waals surface area contributed by atoms with Gasteiger partial charge in [-0.15, -0.1) is 0 Å². The minimum absolute atomic E-state index is 0. The van der Waals surface area contributed by atoms with Gasteiger partial charge in [0.05, 0.1) is 4.90 Å². The summed E-state index contributed by atoms with van der Waals surface area (Å²) in [7, 11) is -4.48. The van der Waals surface area contributed by atoms with E-state index in [9.17, 15) is 13.0 Å². The van der Waals surface area contributed by atoms with Gasteiger partial charge in [0, 0.05) is 0 Å². The molecule has 0 aromatic heterocycles. The third kappa shape index (κ3) is 14.4. The van der Waals surface area contributed by atoms with Crippen molar-refractivity contribution in [1.29, 1.82) is 0 Å². The van der Waals surface area contributed by atoms with E-state index in [1.165, 1.54) is 108 Å². The quantitative estimate of drug-likeness (QED) is 0.0958. The van der Waals surface area contributed by atoms with Crippen LogP contribution in [-0.4, -0.2) is 13.0 Å². The Labute approximate surface area is 271 Å². The van der Waals surface area contributed by atoms with E-state index in [1.54, 1.807) is 6.07 Å². The molecule has 0 spiro atoms. The average Bonchev–Trinajstić information content (AvgIpc) is 2.86. The normalized spacial score (nSPS) is 11.6. The summed E-state index contributed by atoms with van der Waals surface area (Å²) >= 11 is 0. The molecule has 0 N–H and O–H groups in total. The van der Waals surface area contributed by atoms with Gasteiger partial charge in [0.2, 0.25) is 0 Å². The monoisotopic (exact) mass is 554 g/mol. The Balaban J connectivity index is 0.00000684. The minimum atomic E-state index is -4.48. The van der Waals surface area contributed by atoms with Gasteiger partial charge in [-0.05, 0) is 53.6 Å². The van der Waals surface area contributed by atoms with E-state index < -0.39 is 10.1 Å². The van der Waals surface area contributed by atoms with E-state index in [-0.39, 0.29) is 56.3 Å². The Kier molecular flexibility index (Phi) is 20.1. The van der Waals surface area contributed by atoms with Crippen LogP contribution in [0.1, 0.15) is 141 Å². The Morgan fingerprint density at radius 2 is 1.03 bits per heavy atom.